The van der Waals surface area contributed by atoms with Gasteiger partial charge in [-0.05, 0) is 6.42 Å². The Hall–Kier alpha value is -1.11. The van der Waals surface area contributed by atoms with Crippen molar-refractivity contribution >= 4 is 0 Å². The van der Waals surface area contributed by atoms with Crippen molar-refractivity contribution in [3.63, 3.8) is 0 Å². The van der Waals surface area contributed by atoms with Gasteiger partial charge < -0.3 is 5.73 Å². The lowest BCUT2D eigenvalue weighted by molar-refractivity contribution is -0.145. The van der Waals surface area contributed by atoms with Gasteiger partial charge in [-0.1, -0.05) is 0 Å². The third-order valence-corrected chi connectivity index (χ3v) is 2.16. The molecule has 0 fully saturated rings. The van der Waals surface area contributed by atoms with Gasteiger partial charge in [-0.15, -0.1) is 5.10 Å². The van der Waals surface area contributed by atoms with E-state index in [2.05, 4.69) is 10.1 Å². The summed E-state index contributed by atoms with van der Waals surface area (Å²) in [6.07, 6.45) is -3.45. The number of aromatic nitrogens is 3. The summed E-state index contributed by atoms with van der Waals surface area (Å²) in [5.74, 6) is -0.738. The number of hydrogen-bond acceptors (Lipinski definition) is 3. The predicted molar refractivity (Wildman–Crippen MR) is 41.3 cm³/mol. The molecular formula is C7H9F3N4. The van der Waals surface area contributed by atoms with Crippen molar-refractivity contribution in [3.8, 4) is 0 Å². The fourth-order valence-electron chi connectivity index (χ4n) is 1.45. The first-order valence-corrected chi connectivity index (χ1v) is 4.23. The molecule has 0 spiro atoms. The first-order valence-electron chi connectivity index (χ1n) is 4.23. The standard InChI is InChI=1S/C7H9F3N4/c8-7(9,10)6-12-5-3-4(11)1-2-14(5)13-6/h4H,1-3,11H2. The van der Waals surface area contributed by atoms with E-state index in [9.17, 15) is 13.2 Å². The monoisotopic (exact) mass is 206 g/mol. The Balaban J connectivity index is 2.32. The number of aryl methyl sites for hydroxylation is 1. The van der Waals surface area contributed by atoms with Crippen LogP contribution in [-0.2, 0) is 19.1 Å². The molecule has 1 aliphatic rings. The Labute approximate surface area is 77.9 Å². The summed E-state index contributed by atoms with van der Waals surface area (Å²) in [7, 11) is 0. The Bertz CT molecular complexity index is 343. The molecule has 1 aromatic heterocycles. The molecule has 4 nitrogen and oxygen atoms in total. The topological polar surface area (TPSA) is 56.7 Å². The highest BCUT2D eigenvalue weighted by molar-refractivity contribution is 5.00. The summed E-state index contributed by atoms with van der Waals surface area (Å²) in [6, 6.07) is -0.104. The number of nitrogens with zero attached hydrogens (tertiary/aromatic N) is 3. The minimum absolute atomic E-state index is 0.104. The lowest BCUT2D eigenvalue weighted by atomic mass is 10.1. The molecule has 2 N–H and O–H groups in total. The van der Waals surface area contributed by atoms with Crippen molar-refractivity contribution in [2.45, 2.75) is 31.6 Å². The van der Waals surface area contributed by atoms with E-state index in [1.165, 1.54) is 4.68 Å². The van der Waals surface area contributed by atoms with E-state index < -0.39 is 12.0 Å². The molecule has 1 atom stereocenters. The Kier molecular flexibility index (Phi) is 1.99. The zero-order chi connectivity index (χ0) is 10.3. The molecule has 1 aliphatic heterocycles. The summed E-state index contributed by atoms with van der Waals surface area (Å²) in [4.78, 5) is 3.42. The van der Waals surface area contributed by atoms with Crippen LogP contribution < -0.4 is 5.73 Å². The van der Waals surface area contributed by atoms with Gasteiger partial charge in [0.15, 0.2) is 0 Å². The largest absolute Gasteiger partial charge is 0.453 e. The van der Waals surface area contributed by atoms with Crippen LogP contribution in [0.3, 0.4) is 0 Å². The summed E-state index contributed by atoms with van der Waals surface area (Å²) in [5, 5.41) is 3.38. The summed E-state index contributed by atoms with van der Waals surface area (Å²) in [5.41, 5.74) is 5.61. The van der Waals surface area contributed by atoms with E-state index in [4.69, 9.17) is 5.73 Å². The third-order valence-electron chi connectivity index (χ3n) is 2.16. The Morgan fingerprint density at radius 2 is 2.14 bits per heavy atom. The average Bonchev–Trinajstić information content (AvgIpc) is 2.45. The van der Waals surface area contributed by atoms with E-state index in [1.54, 1.807) is 0 Å². The summed E-state index contributed by atoms with van der Waals surface area (Å²) in [6.45, 7) is 0.416. The van der Waals surface area contributed by atoms with Crippen LogP contribution in [0.1, 0.15) is 18.1 Å². The van der Waals surface area contributed by atoms with Crippen molar-refractivity contribution in [1.82, 2.24) is 14.8 Å². The maximum atomic E-state index is 12.2. The molecule has 78 valence electrons. The fourth-order valence-corrected chi connectivity index (χ4v) is 1.45. The molecule has 2 rings (SSSR count). The highest BCUT2D eigenvalue weighted by Crippen LogP contribution is 2.27. The van der Waals surface area contributed by atoms with Crippen LogP contribution in [0.4, 0.5) is 13.2 Å². The van der Waals surface area contributed by atoms with Crippen LogP contribution in [0, 0.1) is 0 Å². The Morgan fingerprint density at radius 3 is 2.79 bits per heavy atom. The number of nitrogens with two attached hydrogens (primary N) is 1. The molecule has 7 heteroatoms. The minimum Gasteiger partial charge on any atom is -0.327 e. The summed E-state index contributed by atoms with van der Waals surface area (Å²) < 4.78 is 37.9. The van der Waals surface area contributed by atoms with Gasteiger partial charge in [-0.3, -0.25) is 0 Å². The quantitative estimate of drug-likeness (QED) is 0.675. The highest BCUT2D eigenvalue weighted by Gasteiger charge is 2.37. The minimum atomic E-state index is -4.46. The van der Waals surface area contributed by atoms with E-state index in [0.29, 0.717) is 25.2 Å². The van der Waals surface area contributed by atoms with Crippen molar-refractivity contribution in [2.75, 3.05) is 0 Å². The van der Waals surface area contributed by atoms with Crippen LogP contribution in [0.25, 0.3) is 0 Å². The molecular weight excluding hydrogens is 197 g/mol. The lowest BCUT2D eigenvalue weighted by Gasteiger charge is -2.17. The van der Waals surface area contributed by atoms with Gasteiger partial charge in [0, 0.05) is 19.0 Å². The summed E-state index contributed by atoms with van der Waals surface area (Å²) >= 11 is 0. The van der Waals surface area contributed by atoms with Gasteiger partial charge in [0.1, 0.15) is 5.82 Å². The number of fused-ring (bicyclic) bond motifs is 1. The van der Waals surface area contributed by atoms with E-state index in [1.807, 2.05) is 0 Å². The molecule has 14 heavy (non-hydrogen) atoms. The van der Waals surface area contributed by atoms with Gasteiger partial charge in [0.25, 0.3) is 5.82 Å². The molecule has 0 saturated heterocycles. The second-order valence-electron chi connectivity index (χ2n) is 3.33. The Morgan fingerprint density at radius 1 is 1.43 bits per heavy atom. The van der Waals surface area contributed by atoms with E-state index in [0.717, 1.165) is 0 Å². The van der Waals surface area contributed by atoms with Crippen LogP contribution in [0.2, 0.25) is 0 Å². The number of rotatable bonds is 0. The van der Waals surface area contributed by atoms with Crippen LogP contribution in [0.15, 0.2) is 0 Å². The van der Waals surface area contributed by atoms with Crippen molar-refractivity contribution in [2.24, 2.45) is 5.73 Å². The van der Waals surface area contributed by atoms with Crippen LogP contribution in [-0.4, -0.2) is 20.8 Å². The first-order chi connectivity index (χ1) is 6.47. The van der Waals surface area contributed by atoms with Crippen LogP contribution >= 0.6 is 0 Å². The zero-order valence-corrected chi connectivity index (χ0v) is 7.25. The SMILES string of the molecule is NC1CCn2nc(C(F)(F)F)nc2C1. The number of alkyl halides is 3. The molecule has 0 saturated carbocycles. The maximum Gasteiger partial charge on any atom is 0.453 e. The molecule has 0 radical (unpaired) electrons. The van der Waals surface area contributed by atoms with Gasteiger partial charge in [-0.2, -0.15) is 13.2 Å². The maximum absolute atomic E-state index is 12.2. The van der Waals surface area contributed by atoms with E-state index in [-0.39, 0.29) is 6.04 Å². The number of hydrogen-bond donors (Lipinski definition) is 1. The van der Waals surface area contributed by atoms with E-state index >= 15 is 0 Å². The average molecular weight is 206 g/mol. The second-order valence-corrected chi connectivity index (χ2v) is 3.33. The van der Waals surface area contributed by atoms with Crippen molar-refractivity contribution in [3.05, 3.63) is 11.6 Å². The number of halogens is 3. The molecule has 1 aromatic rings. The van der Waals surface area contributed by atoms with Crippen molar-refractivity contribution < 1.29 is 13.2 Å². The molecule has 2 heterocycles. The highest BCUT2D eigenvalue weighted by atomic mass is 19.4. The normalized spacial score (nSPS) is 22.1. The first kappa shape index (κ1) is 9.45. The van der Waals surface area contributed by atoms with Gasteiger partial charge in [-0.25, -0.2) is 9.67 Å². The second kappa shape index (κ2) is 2.94. The zero-order valence-electron chi connectivity index (χ0n) is 7.25. The predicted octanol–water partition coefficient (Wildman–Crippen LogP) is 0.570. The lowest BCUT2D eigenvalue weighted by Crippen LogP contribution is -2.31. The molecule has 0 aromatic carbocycles. The third kappa shape index (κ3) is 1.59. The van der Waals surface area contributed by atoms with Crippen LogP contribution in [0.5, 0.6) is 0 Å². The van der Waals surface area contributed by atoms with Gasteiger partial charge >= 0.3 is 6.18 Å². The molecule has 0 bridgehead atoms. The van der Waals surface area contributed by atoms with Gasteiger partial charge in [0.2, 0.25) is 0 Å². The van der Waals surface area contributed by atoms with Crippen molar-refractivity contribution in [1.29, 1.82) is 0 Å². The smallest absolute Gasteiger partial charge is 0.327 e. The molecule has 0 amide bonds. The molecule has 1 unspecified atom stereocenters. The van der Waals surface area contributed by atoms with Gasteiger partial charge in [0.05, 0.1) is 0 Å². The fraction of sp³-hybridized carbons (Fsp3) is 0.714. The molecule has 0 aliphatic carbocycles.